The summed E-state index contributed by atoms with van der Waals surface area (Å²) in [4.78, 5) is 13.9. The van der Waals surface area contributed by atoms with Crippen LogP contribution in [-0.4, -0.2) is 30.0 Å². The SMILES string of the molecule is O=C(c1ccco1)N1CC[C@H](OCc2ccccc2)C1. The van der Waals surface area contributed by atoms with Crippen molar-refractivity contribution in [1.82, 2.24) is 4.90 Å². The van der Waals surface area contributed by atoms with Gasteiger partial charge in [-0.3, -0.25) is 4.79 Å². The third-order valence-electron chi connectivity index (χ3n) is 3.49. The van der Waals surface area contributed by atoms with E-state index in [2.05, 4.69) is 0 Å². The summed E-state index contributed by atoms with van der Waals surface area (Å²) in [5.74, 6) is 0.342. The predicted octanol–water partition coefficient (Wildman–Crippen LogP) is 2.71. The van der Waals surface area contributed by atoms with Crippen LogP contribution < -0.4 is 0 Å². The maximum atomic E-state index is 12.1. The first kappa shape index (κ1) is 12.9. The van der Waals surface area contributed by atoms with Crippen molar-refractivity contribution in [2.45, 2.75) is 19.1 Å². The third-order valence-corrected chi connectivity index (χ3v) is 3.49. The molecule has 0 saturated carbocycles. The van der Waals surface area contributed by atoms with E-state index >= 15 is 0 Å². The number of carbonyl (C=O) groups is 1. The van der Waals surface area contributed by atoms with Gasteiger partial charge in [0.05, 0.1) is 19.0 Å². The van der Waals surface area contributed by atoms with Crippen LogP contribution in [0.3, 0.4) is 0 Å². The minimum absolute atomic E-state index is 0.0548. The minimum Gasteiger partial charge on any atom is -0.459 e. The molecule has 2 aromatic rings. The Morgan fingerprint density at radius 2 is 2.10 bits per heavy atom. The van der Waals surface area contributed by atoms with E-state index in [1.165, 1.54) is 6.26 Å². The molecule has 0 N–H and O–H groups in total. The van der Waals surface area contributed by atoms with Crippen LogP contribution >= 0.6 is 0 Å². The molecule has 1 amide bonds. The molecule has 1 aromatic carbocycles. The Labute approximate surface area is 118 Å². The zero-order chi connectivity index (χ0) is 13.8. The number of carbonyl (C=O) groups excluding carboxylic acids is 1. The van der Waals surface area contributed by atoms with Gasteiger partial charge in [0.25, 0.3) is 5.91 Å². The average Bonchev–Trinajstić information content (AvgIpc) is 3.17. The normalized spacial score (nSPS) is 18.4. The Bertz CT molecular complexity index is 550. The molecule has 1 aliphatic heterocycles. The smallest absolute Gasteiger partial charge is 0.289 e. The molecule has 1 aromatic heterocycles. The van der Waals surface area contributed by atoms with Crippen LogP contribution in [0.15, 0.2) is 53.1 Å². The van der Waals surface area contributed by atoms with Crippen molar-refractivity contribution >= 4 is 5.91 Å². The molecule has 0 bridgehead atoms. The minimum atomic E-state index is -0.0548. The van der Waals surface area contributed by atoms with Gasteiger partial charge < -0.3 is 14.1 Å². The summed E-state index contributed by atoms with van der Waals surface area (Å²) in [6.07, 6.45) is 2.50. The van der Waals surface area contributed by atoms with E-state index in [0.29, 0.717) is 18.9 Å². The summed E-state index contributed by atoms with van der Waals surface area (Å²) >= 11 is 0. The van der Waals surface area contributed by atoms with Crippen LogP contribution in [0, 0.1) is 0 Å². The van der Waals surface area contributed by atoms with Crippen LogP contribution in [0.1, 0.15) is 22.5 Å². The fourth-order valence-corrected chi connectivity index (χ4v) is 2.39. The van der Waals surface area contributed by atoms with E-state index in [1.807, 2.05) is 30.3 Å². The maximum Gasteiger partial charge on any atom is 0.289 e. The molecule has 1 atom stereocenters. The van der Waals surface area contributed by atoms with E-state index in [0.717, 1.165) is 18.5 Å². The van der Waals surface area contributed by atoms with Gasteiger partial charge in [-0.2, -0.15) is 0 Å². The highest BCUT2D eigenvalue weighted by Crippen LogP contribution is 2.17. The highest BCUT2D eigenvalue weighted by Gasteiger charge is 2.28. The lowest BCUT2D eigenvalue weighted by atomic mass is 10.2. The number of rotatable bonds is 4. The van der Waals surface area contributed by atoms with Crippen molar-refractivity contribution in [3.8, 4) is 0 Å². The number of nitrogens with zero attached hydrogens (tertiary/aromatic N) is 1. The topological polar surface area (TPSA) is 42.7 Å². The first-order chi connectivity index (χ1) is 9.83. The molecule has 0 aliphatic carbocycles. The lowest BCUT2D eigenvalue weighted by Crippen LogP contribution is -2.29. The number of hydrogen-bond acceptors (Lipinski definition) is 3. The molecular weight excluding hydrogens is 254 g/mol. The molecule has 4 heteroatoms. The molecule has 4 nitrogen and oxygen atoms in total. The zero-order valence-electron chi connectivity index (χ0n) is 11.2. The summed E-state index contributed by atoms with van der Waals surface area (Å²) < 4.78 is 11.0. The van der Waals surface area contributed by atoms with Gasteiger partial charge in [-0.25, -0.2) is 0 Å². The standard InChI is InChI=1S/C16H17NO3/c18-16(15-7-4-10-19-15)17-9-8-14(11-17)20-12-13-5-2-1-3-6-13/h1-7,10,14H,8-9,11-12H2/t14-/m0/s1. The Hall–Kier alpha value is -2.07. The lowest BCUT2D eigenvalue weighted by Gasteiger charge is -2.15. The Morgan fingerprint density at radius 1 is 1.25 bits per heavy atom. The van der Waals surface area contributed by atoms with Gasteiger partial charge in [0.1, 0.15) is 0 Å². The summed E-state index contributed by atoms with van der Waals surface area (Å²) in [5, 5.41) is 0. The lowest BCUT2D eigenvalue weighted by molar-refractivity contribution is 0.0430. The van der Waals surface area contributed by atoms with Crippen LogP contribution in [-0.2, 0) is 11.3 Å². The number of hydrogen-bond donors (Lipinski definition) is 0. The summed E-state index contributed by atoms with van der Waals surface area (Å²) in [5.41, 5.74) is 1.16. The van der Waals surface area contributed by atoms with Gasteiger partial charge in [0, 0.05) is 13.1 Å². The fraction of sp³-hybridized carbons (Fsp3) is 0.312. The van der Waals surface area contributed by atoms with Crippen LogP contribution in [0.4, 0.5) is 0 Å². The van der Waals surface area contributed by atoms with Crippen molar-refractivity contribution in [2.75, 3.05) is 13.1 Å². The quantitative estimate of drug-likeness (QED) is 0.858. The third kappa shape index (κ3) is 2.91. The van der Waals surface area contributed by atoms with Crippen LogP contribution in [0.25, 0.3) is 0 Å². The molecule has 0 spiro atoms. The second-order valence-electron chi connectivity index (χ2n) is 4.94. The summed E-state index contributed by atoms with van der Waals surface area (Å²) in [6, 6.07) is 13.5. The molecule has 0 radical (unpaired) electrons. The molecule has 0 unspecified atom stereocenters. The monoisotopic (exact) mass is 271 g/mol. The first-order valence-electron chi connectivity index (χ1n) is 6.81. The van der Waals surface area contributed by atoms with Crippen molar-refractivity contribution in [2.24, 2.45) is 0 Å². The number of amides is 1. The number of ether oxygens (including phenoxy) is 1. The van der Waals surface area contributed by atoms with Gasteiger partial charge in [0.2, 0.25) is 0 Å². The predicted molar refractivity (Wildman–Crippen MR) is 74.2 cm³/mol. The van der Waals surface area contributed by atoms with Crippen molar-refractivity contribution < 1.29 is 13.9 Å². The average molecular weight is 271 g/mol. The van der Waals surface area contributed by atoms with Gasteiger partial charge in [-0.1, -0.05) is 30.3 Å². The summed E-state index contributed by atoms with van der Waals surface area (Å²) in [6.45, 7) is 1.94. The van der Waals surface area contributed by atoms with Gasteiger partial charge >= 0.3 is 0 Å². The molecule has 2 heterocycles. The first-order valence-corrected chi connectivity index (χ1v) is 6.81. The molecule has 1 fully saturated rings. The van der Waals surface area contributed by atoms with E-state index in [4.69, 9.17) is 9.15 Å². The summed E-state index contributed by atoms with van der Waals surface area (Å²) in [7, 11) is 0. The number of benzene rings is 1. The van der Waals surface area contributed by atoms with E-state index in [1.54, 1.807) is 17.0 Å². The molecular formula is C16H17NO3. The van der Waals surface area contributed by atoms with Crippen LogP contribution in [0.5, 0.6) is 0 Å². The molecule has 104 valence electrons. The Balaban J connectivity index is 1.51. The molecule has 20 heavy (non-hydrogen) atoms. The molecule has 1 saturated heterocycles. The van der Waals surface area contributed by atoms with Gasteiger partial charge in [-0.15, -0.1) is 0 Å². The van der Waals surface area contributed by atoms with E-state index in [-0.39, 0.29) is 12.0 Å². The molecule has 1 aliphatic rings. The van der Waals surface area contributed by atoms with Crippen LogP contribution in [0.2, 0.25) is 0 Å². The van der Waals surface area contributed by atoms with Crippen molar-refractivity contribution in [3.05, 3.63) is 60.1 Å². The van der Waals surface area contributed by atoms with Gasteiger partial charge in [-0.05, 0) is 24.1 Å². The van der Waals surface area contributed by atoms with Crippen molar-refractivity contribution in [1.29, 1.82) is 0 Å². The second kappa shape index (κ2) is 5.92. The van der Waals surface area contributed by atoms with Gasteiger partial charge in [0.15, 0.2) is 5.76 Å². The number of furan rings is 1. The maximum absolute atomic E-state index is 12.1. The van der Waals surface area contributed by atoms with E-state index < -0.39 is 0 Å². The number of likely N-dealkylation sites (tertiary alicyclic amines) is 1. The fourth-order valence-electron chi connectivity index (χ4n) is 2.39. The Morgan fingerprint density at radius 3 is 2.85 bits per heavy atom. The molecule has 3 rings (SSSR count). The highest BCUT2D eigenvalue weighted by atomic mass is 16.5. The van der Waals surface area contributed by atoms with E-state index in [9.17, 15) is 4.79 Å². The second-order valence-corrected chi connectivity index (χ2v) is 4.94. The largest absolute Gasteiger partial charge is 0.459 e. The zero-order valence-corrected chi connectivity index (χ0v) is 11.2. The van der Waals surface area contributed by atoms with Crippen molar-refractivity contribution in [3.63, 3.8) is 0 Å². The Kier molecular flexibility index (Phi) is 3.83. The highest BCUT2D eigenvalue weighted by molar-refractivity contribution is 5.91.